The fourth-order valence-corrected chi connectivity index (χ4v) is 2.20. The molecule has 0 saturated heterocycles. The minimum absolute atomic E-state index is 0.212. The largest absolute Gasteiger partial charge is 0.320 e. The van der Waals surface area contributed by atoms with Crippen molar-refractivity contribution in [3.63, 3.8) is 0 Å². The van der Waals surface area contributed by atoms with Crippen molar-refractivity contribution in [1.82, 2.24) is 4.98 Å². The van der Waals surface area contributed by atoms with Crippen molar-refractivity contribution < 1.29 is 4.79 Å². The van der Waals surface area contributed by atoms with Gasteiger partial charge in [-0.3, -0.25) is 10.1 Å². The number of nitrogens with one attached hydrogen (secondary N) is 1. The van der Waals surface area contributed by atoms with Crippen LogP contribution in [0.2, 0.25) is 0 Å². The minimum atomic E-state index is -0.212. The predicted octanol–water partition coefficient (Wildman–Crippen LogP) is 2.01. The number of benzene rings is 1. The number of hydrogen-bond acceptors (Lipinski definition) is 4. The van der Waals surface area contributed by atoms with Crippen molar-refractivity contribution in [3.8, 4) is 11.8 Å². The second-order valence-corrected chi connectivity index (χ2v) is 4.66. The average molecular weight is 271 g/mol. The lowest BCUT2D eigenvalue weighted by Crippen LogP contribution is -2.13. The van der Waals surface area contributed by atoms with Crippen LogP contribution in [0.3, 0.4) is 0 Å². The normalized spacial score (nSPS) is 9.58. The molecule has 0 spiro atoms. The molecule has 0 aliphatic rings. The number of hydrogen-bond donors (Lipinski definition) is 2. The highest BCUT2D eigenvalue weighted by Gasteiger charge is 2.11. The van der Waals surface area contributed by atoms with E-state index < -0.39 is 0 Å². The van der Waals surface area contributed by atoms with E-state index in [2.05, 4.69) is 22.1 Å². The third-order valence-electron chi connectivity index (χ3n) is 2.34. The molecule has 1 amide bonds. The summed E-state index contributed by atoms with van der Waals surface area (Å²) in [6.45, 7) is 2.15. The smallest absolute Gasteiger partial charge is 0.258 e. The summed E-state index contributed by atoms with van der Waals surface area (Å²) in [7, 11) is 0. The Balaban J connectivity index is 2.23. The van der Waals surface area contributed by atoms with Gasteiger partial charge in [-0.05, 0) is 19.1 Å². The second-order valence-electron chi connectivity index (χ2n) is 3.80. The van der Waals surface area contributed by atoms with E-state index in [4.69, 9.17) is 5.73 Å². The van der Waals surface area contributed by atoms with E-state index in [9.17, 15) is 4.79 Å². The van der Waals surface area contributed by atoms with E-state index in [1.54, 1.807) is 18.2 Å². The molecule has 4 nitrogen and oxygen atoms in total. The Kier molecular flexibility index (Phi) is 4.29. The average Bonchev–Trinajstić information content (AvgIpc) is 2.82. The zero-order valence-corrected chi connectivity index (χ0v) is 11.3. The van der Waals surface area contributed by atoms with Gasteiger partial charge in [0.05, 0.1) is 17.8 Å². The lowest BCUT2D eigenvalue weighted by Gasteiger charge is -2.04. The van der Waals surface area contributed by atoms with Gasteiger partial charge in [-0.25, -0.2) is 4.98 Å². The minimum Gasteiger partial charge on any atom is -0.320 e. The van der Waals surface area contributed by atoms with Gasteiger partial charge >= 0.3 is 0 Å². The van der Waals surface area contributed by atoms with Crippen LogP contribution >= 0.6 is 11.3 Å². The molecule has 5 heteroatoms. The summed E-state index contributed by atoms with van der Waals surface area (Å²) < 4.78 is 0. The van der Waals surface area contributed by atoms with Crippen LogP contribution in [0.15, 0.2) is 29.6 Å². The highest BCUT2D eigenvalue weighted by atomic mass is 32.1. The Hall–Kier alpha value is -2.16. The number of nitrogens with two attached hydrogens (primary N) is 1. The SMILES string of the molecule is Cc1csc(NC(=O)c2ccccc2C#CCN)n1. The number of carbonyl (C=O) groups excluding carboxylic acids is 1. The van der Waals surface area contributed by atoms with Crippen molar-refractivity contribution in [1.29, 1.82) is 0 Å². The Morgan fingerprint density at radius 3 is 2.95 bits per heavy atom. The molecular formula is C14H13N3OS. The molecular weight excluding hydrogens is 258 g/mol. The van der Waals surface area contributed by atoms with E-state index in [1.165, 1.54) is 11.3 Å². The molecule has 0 aliphatic heterocycles. The molecule has 0 fully saturated rings. The van der Waals surface area contributed by atoms with E-state index >= 15 is 0 Å². The van der Waals surface area contributed by atoms with E-state index in [0.717, 1.165) is 5.69 Å². The van der Waals surface area contributed by atoms with Gasteiger partial charge in [0.15, 0.2) is 5.13 Å². The molecule has 0 aliphatic carbocycles. The highest BCUT2D eigenvalue weighted by molar-refractivity contribution is 7.13. The van der Waals surface area contributed by atoms with Crippen molar-refractivity contribution in [2.75, 3.05) is 11.9 Å². The summed E-state index contributed by atoms with van der Waals surface area (Å²) in [5, 5.41) is 5.24. The van der Waals surface area contributed by atoms with Crippen molar-refractivity contribution >= 4 is 22.4 Å². The standard InChI is InChI=1S/C14H13N3OS/c1-10-9-19-14(16-10)17-13(18)12-7-3-2-5-11(12)6-4-8-15/h2-3,5,7,9H,8,15H2,1H3,(H,16,17,18). The van der Waals surface area contributed by atoms with Crippen molar-refractivity contribution in [2.24, 2.45) is 5.73 Å². The molecule has 19 heavy (non-hydrogen) atoms. The molecule has 0 atom stereocenters. The quantitative estimate of drug-likeness (QED) is 0.821. The molecule has 0 radical (unpaired) electrons. The van der Waals surface area contributed by atoms with Crippen LogP contribution in [0.25, 0.3) is 0 Å². The summed E-state index contributed by atoms with van der Waals surface area (Å²) in [6, 6.07) is 7.17. The lowest BCUT2D eigenvalue weighted by molar-refractivity contribution is 0.102. The van der Waals surface area contributed by atoms with Crippen LogP contribution in [0, 0.1) is 18.8 Å². The fraction of sp³-hybridized carbons (Fsp3) is 0.143. The van der Waals surface area contributed by atoms with Gasteiger partial charge in [-0.1, -0.05) is 24.0 Å². The molecule has 2 aromatic rings. The summed E-state index contributed by atoms with van der Waals surface area (Å²) in [6.07, 6.45) is 0. The number of carbonyl (C=O) groups is 1. The molecule has 3 N–H and O–H groups in total. The summed E-state index contributed by atoms with van der Waals surface area (Å²) in [4.78, 5) is 16.4. The van der Waals surface area contributed by atoms with E-state index in [0.29, 0.717) is 16.3 Å². The summed E-state index contributed by atoms with van der Waals surface area (Å²) in [5.41, 5.74) is 7.42. The van der Waals surface area contributed by atoms with E-state index in [-0.39, 0.29) is 12.5 Å². The van der Waals surface area contributed by atoms with E-state index in [1.807, 2.05) is 18.4 Å². The van der Waals surface area contributed by atoms with Gasteiger partial charge in [0.2, 0.25) is 0 Å². The lowest BCUT2D eigenvalue weighted by atomic mass is 10.1. The number of rotatable bonds is 2. The second kappa shape index (κ2) is 6.14. The highest BCUT2D eigenvalue weighted by Crippen LogP contribution is 2.16. The molecule has 0 unspecified atom stereocenters. The number of aryl methyl sites for hydroxylation is 1. The zero-order valence-electron chi connectivity index (χ0n) is 10.4. The van der Waals surface area contributed by atoms with Crippen molar-refractivity contribution in [3.05, 3.63) is 46.5 Å². The van der Waals surface area contributed by atoms with Crippen LogP contribution in [0.1, 0.15) is 21.6 Å². The number of anilines is 1. The molecule has 2 rings (SSSR count). The monoisotopic (exact) mass is 271 g/mol. The third kappa shape index (κ3) is 3.41. The van der Waals surface area contributed by atoms with Crippen molar-refractivity contribution in [2.45, 2.75) is 6.92 Å². The van der Waals surface area contributed by atoms with Gasteiger partial charge in [0.1, 0.15) is 0 Å². The first-order valence-electron chi connectivity index (χ1n) is 5.72. The Morgan fingerprint density at radius 1 is 1.47 bits per heavy atom. The third-order valence-corrected chi connectivity index (χ3v) is 3.21. The maximum atomic E-state index is 12.2. The maximum absolute atomic E-state index is 12.2. The first-order valence-corrected chi connectivity index (χ1v) is 6.60. The summed E-state index contributed by atoms with van der Waals surface area (Å²) in [5.74, 6) is 5.43. The van der Waals surface area contributed by atoms with Gasteiger partial charge in [0.25, 0.3) is 5.91 Å². The number of aromatic nitrogens is 1. The Labute approximate surface area is 115 Å². The van der Waals surface area contributed by atoms with Crippen LogP contribution < -0.4 is 11.1 Å². The number of thiazole rings is 1. The topological polar surface area (TPSA) is 68.0 Å². The van der Waals surface area contributed by atoms with Crippen LogP contribution in [-0.2, 0) is 0 Å². The number of nitrogens with zero attached hydrogens (tertiary/aromatic N) is 1. The van der Waals surface area contributed by atoms with Crippen LogP contribution in [0.4, 0.5) is 5.13 Å². The van der Waals surface area contributed by atoms with Crippen LogP contribution in [-0.4, -0.2) is 17.4 Å². The molecule has 1 heterocycles. The fourth-order valence-electron chi connectivity index (χ4n) is 1.51. The Bertz CT molecular complexity index is 652. The van der Waals surface area contributed by atoms with Gasteiger partial charge in [-0.2, -0.15) is 0 Å². The maximum Gasteiger partial charge on any atom is 0.258 e. The zero-order chi connectivity index (χ0) is 13.7. The molecule has 96 valence electrons. The number of amides is 1. The first-order chi connectivity index (χ1) is 9.20. The Morgan fingerprint density at radius 2 is 2.26 bits per heavy atom. The van der Waals surface area contributed by atoms with Gasteiger partial charge in [-0.15, -0.1) is 11.3 Å². The summed E-state index contributed by atoms with van der Waals surface area (Å²) >= 11 is 1.40. The molecule has 0 bridgehead atoms. The molecule has 1 aromatic heterocycles. The first kappa shape index (κ1) is 13.3. The molecule has 0 saturated carbocycles. The van der Waals surface area contributed by atoms with Crippen LogP contribution in [0.5, 0.6) is 0 Å². The molecule has 1 aromatic carbocycles. The van der Waals surface area contributed by atoms with Gasteiger partial charge < -0.3 is 5.73 Å². The van der Waals surface area contributed by atoms with Gasteiger partial charge in [0, 0.05) is 10.9 Å². The predicted molar refractivity (Wildman–Crippen MR) is 77.2 cm³/mol.